The molecule has 1 aromatic heterocycles. The second-order valence-corrected chi connectivity index (χ2v) is 5.69. The van der Waals surface area contributed by atoms with Gasteiger partial charge in [-0.1, -0.05) is 67.4 Å². The van der Waals surface area contributed by atoms with Crippen LogP contribution in [-0.2, 0) is 6.42 Å². The number of unbranched alkanes of at least 4 members (excludes halogenated alkanes) is 1. The number of anilines is 1. The first kappa shape index (κ1) is 14.8. The van der Waals surface area contributed by atoms with Crippen molar-refractivity contribution in [2.45, 2.75) is 26.2 Å². The summed E-state index contributed by atoms with van der Waals surface area (Å²) in [5.74, 6) is 0.216. The Morgan fingerprint density at radius 1 is 1.05 bits per heavy atom. The summed E-state index contributed by atoms with van der Waals surface area (Å²) in [6.07, 6.45) is 2.99. The zero-order chi connectivity index (χ0) is 15.5. The fraction of sp³-hybridized carbons (Fsp3) is 0.222. The molecule has 2 N–H and O–H groups in total. The maximum Gasteiger partial charge on any atom is 0.222 e. The van der Waals surface area contributed by atoms with E-state index in [0.717, 1.165) is 41.5 Å². The van der Waals surface area contributed by atoms with E-state index in [1.807, 2.05) is 18.2 Å². The quantitative estimate of drug-likeness (QED) is 0.699. The zero-order valence-corrected chi connectivity index (χ0v) is 13.3. The average Bonchev–Trinajstić information content (AvgIpc) is 2.53. The van der Waals surface area contributed by atoms with Crippen LogP contribution in [0.1, 0.15) is 25.3 Å². The smallest absolute Gasteiger partial charge is 0.222 e. The van der Waals surface area contributed by atoms with Crippen LogP contribution in [-0.4, -0.2) is 9.97 Å². The van der Waals surface area contributed by atoms with E-state index in [2.05, 4.69) is 41.2 Å². The van der Waals surface area contributed by atoms with Crippen molar-refractivity contribution in [3.05, 3.63) is 53.2 Å². The summed E-state index contributed by atoms with van der Waals surface area (Å²) in [4.78, 5) is 8.61. The molecule has 22 heavy (non-hydrogen) atoms. The second kappa shape index (κ2) is 6.32. The van der Waals surface area contributed by atoms with E-state index >= 15 is 0 Å². The molecule has 4 heteroatoms. The van der Waals surface area contributed by atoms with E-state index in [9.17, 15) is 0 Å². The van der Waals surface area contributed by atoms with Crippen LogP contribution in [0.5, 0.6) is 0 Å². The van der Waals surface area contributed by atoms with Crippen LogP contribution in [0, 0.1) is 0 Å². The van der Waals surface area contributed by atoms with Gasteiger partial charge in [0.2, 0.25) is 5.95 Å². The Hall–Kier alpha value is -2.13. The van der Waals surface area contributed by atoms with Crippen LogP contribution in [0.15, 0.2) is 42.5 Å². The molecule has 112 valence electrons. The first-order chi connectivity index (χ1) is 10.7. The Morgan fingerprint density at radius 2 is 1.82 bits per heavy atom. The molecule has 1 heterocycles. The number of benzene rings is 2. The third-order valence-corrected chi connectivity index (χ3v) is 4.11. The summed E-state index contributed by atoms with van der Waals surface area (Å²) in [5.41, 5.74) is 8.72. The standard InChI is InChI=1S/C18H18ClN3/c1-2-3-9-15-16(21-18(20)22-17(15)19)14-11-6-8-12-7-4-5-10-13(12)14/h4-8,10-11H,2-3,9H2,1H3,(H2,20,21,22). The van der Waals surface area contributed by atoms with Crippen molar-refractivity contribution in [2.24, 2.45) is 0 Å². The monoisotopic (exact) mass is 311 g/mol. The molecule has 2 aromatic carbocycles. The van der Waals surface area contributed by atoms with Crippen molar-refractivity contribution in [1.29, 1.82) is 0 Å². The van der Waals surface area contributed by atoms with Crippen molar-refractivity contribution in [3.8, 4) is 11.3 Å². The van der Waals surface area contributed by atoms with Crippen molar-refractivity contribution < 1.29 is 0 Å². The number of halogens is 1. The molecule has 0 aliphatic carbocycles. The predicted octanol–water partition coefficient (Wildman–Crippen LogP) is 4.88. The first-order valence-electron chi connectivity index (χ1n) is 7.50. The van der Waals surface area contributed by atoms with Gasteiger partial charge in [0.25, 0.3) is 0 Å². The Bertz CT molecular complexity index is 809. The van der Waals surface area contributed by atoms with Crippen LogP contribution < -0.4 is 5.73 Å². The van der Waals surface area contributed by atoms with Gasteiger partial charge >= 0.3 is 0 Å². The van der Waals surface area contributed by atoms with Crippen LogP contribution in [0.4, 0.5) is 5.95 Å². The lowest BCUT2D eigenvalue weighted by Gasteiger charge is -2.13. The Labute approximate surface area is 135 Å². The normalized spacial score (nSPS) is 11.0. The lowest BCUT2D eigenvalue weighted by atomic mass is 9.97. The molecule has 0 unspecified atom stereocenters. The lowest BCUT2D eigenvalue weighted by Crippen LogP contribution is -2.03. The molecule has 0 aliphatic rings. The van der Waals surface area contributed by atoms with Gasteiger partial charge in [-0.2, -0.15) is 0 Å². The highest BCUT2D eigenvalue weighted by Gasteiger charge is 2.15. The predicted molar refractivity (Wildman–Crippen MR) is 93.0 cm³/mol. The van der Waals surface area contributed by atoms with Gasteiger partial charge in [0.15, 0.2) is 0 Å². The number of nitrogen functional groups attached to an aromatic ring is 1. The second-order valence-electron chi connectivity index (χ2n) is 5.33. The highest BCUT2D eigenvalue weighted by Crippen LogP contribution is 2.33. The third-order valence-electron chi connectivity index (χ3n) is 3.80. The van der Waals surface area contributed by atoms with Crippen molar-refractivity contribution in [1.82, 2.24) is 9.97 Å². The van der Waals surface area contributed by atoms with Gasteiger partial charge in [0, 0.05) is 11.1 Å². The number of aromatic nitrogens is 2. The zero-order valence-electron chi connectivity index (χ0n) is 12.5. The SMILES string of the molecule is CCCCc1c(Cl)nc(N)nc1-c1cccc2ccccc12. The minimum absolute atomic E-state index is 0.216. The molecule has 0 spiro atoms. The molecule has 0 bridgehead atoms. The third kappa shape index (κ3) is 2.77. The summed E-state index contributed by atoms with van der Waals surface area (Å²) >= 11 is 6.34. The molecule has 3 rings (SSSR count). The van der Waals surface area contributed by atoms with Crippen LogP contribution in [0.25, 0.3) is 22.0 Å². The molecule has 0 atom stereocenters. The Morgan fingerprint density at radius 3 is 2.64 bits per heavy atom. The molecule has 0 radical (unpaired) electrons. The molecule has 0 amide bonds. The van der Waals surface area contributed by atoms with Gasteiger partial charge in [-0.3, -0.25) is 0 Å². The number of nitrogens with two attached hydrogens (primary N) is 1. The molecule has 0 aliphatic heterocycles. The van der Waals surface area contributed by atoms with Crippen molar-refractivity contribution in [3.63, 3.8) is 0 Å². The van der Waals surface area contributed by atoms with E-state index in [1.165, 1.54) is 5.39 Å². The highest BCUT2D eigenvalue weighted by atomic mass is 35.5. The number of hydrogen-bond acceptors (Lipinski definition) is 3. The maximum atomic E-state index is 6.34. The minimum Gasteiger partial charge on any atom is -0.368 e. The van der Waals surface area contributed by atoms with Crippen LogP contribution in [0.3, 0.4) is 0 Å². The molecular formula is C18H18ClN3. The lowest BCUT2D eigenvalue weighted by molar-refractivity contribution is 0.790. The van der Waals surface area contributed by atoms with Gasteiger partial charge < -0.3 is 5.73 Å². The van der Waals surface area contributed by atoms with Crippen molar-refractivity contribution in [2.75, 3.05) is 5.73 Å². The van der Waals surface area contributed by atoms with E-state index in [-0.39, 0.29) is 5.95 Å². The maximum absolute atomic E-state index is 6.34. The number of fused-ring (bicyclic) bond motifs is 1. The van der Waals surface area contributed by atoms with Crippen molar-refractivity contribution >= 4 is 28.3 Å². The van der Waals surface area contributed by atoms with E-state index < -0.39 is 0 Å². The molecule has 0 fully saturated rings. The van der Waals surface area contributed by atoms with Gasteiger partial charge in [-0.05, 0) is 23.6 Å². The number of nitrogens with zero attached hydrogens (tertiary/aromatic N) is 2. The van der Waals surface area contributed by atoms with Gasteiger partial charge in [-0.25, -0.2) is 9.97 Å². The van der Waals surface area contributed by atoms with Gasteiger partial charge in [0.05, 0.1) is 5.69 Å². The highest BCUT2D eigenvalue weighted by molar-refractivity contribution is 6.30. The summed E-state index contributed by atoms with van der Waals surface area (Å²) in [6.45, 7) is 2.16. The molecular weight excluding hydrogens is 294 g/mol. The van der Waals surface area contributed by atoms with Gasteiger partial charge in [-0.15, -0.1) is 0 Å². The Kier molecular flexibility index (Phi) is 4.25. The van der Waals surface area contributed by atoms with Crippen LogP contribution in [0.2, 0.25) is 5.15 Å². The Balaban J connectivity index is 2.25. The summed E-state index contributed by atoms with van der Waals surface area (Å²) in [6, 6.07) is 14.5. The van der Waals surface area contributed by atoms with Gasteiger partial charge in [0.1, 0.15) is 5.15 Å². The first-order valence-corrected chi connectivity index (χ1v) is 7.88. The number of rotatable bonds is 4. The largest absolute Gasteiger partial charge is 0.368 e. The van der Waals surface area contributed by atoms with E-state index in [4.69, 9.17) is 17.3 Å². The number of hydrogen-bond donors (Lipinski definition) is 1. The summed E-state index contributed by atoms with van der Waals surface area (Å²) < 4.78 is 0. The molecule has 3 aromatic rings. The molecule has 0 saturated heterocycles. The van der Waals surface area contributed by atoms with E-state index in [1.54, 1.807) is 0 Å². The fourth-order valence-corrected chi connectivity index (χ4v) is 2.97. The summed E-state index contributed by atoms with van der Waals surface area (Å²) in [7, 11) is 0. The molecule has 3 nitrogen and oxygen atoms in total. The topological polar surface area (TPSA) is 51.8 Å². The average molecular weight is 312 g/mol. The van der Waals surface area contributed by atoms with Crippen LogP contribution >= 0.6 is 11.6 Å². The minimum atomic E-state index is 0.216. The molecule has 0 saturated carbocycles. The fourth-order valence-electron chi connectivity index (χ4n) is 2.70. The summed E-state index contributed by atoms with van der Waals surface area (Å²) in [5, 5.41) is 2.79. The van der Waals surface area contributed by atoms with E-state index in [0.29, 0.717) is 5.15 Å².